The minimum Gasteiger partial charge on any atom is -0.313 e. The lowest BCUT2D eigenvalue weighted by Crippen LogP contribution is -2.58. The minimum atomic E-state index is -0.681. The van der Waals surface area contributed by atoms with Crippen LogP contribution in [0, 0.1) is 23.2 Å². The number of hydrogen-bond donors (Lipinski definition) is 1. The first kappa shape index (κ1) is 16.0. The Labute approximate surface area is 133 Å². The van der Waals surface area contributed by atoms with Crippen LogP contribution in [0.2, 0.25) is 0 Å². The average molecular weight is 312 g/mol. The Hall–Kier alpha value is 0.110. The number of rotatable bonds is 7. The van der Waals surface area contributed by atoms with Gasteiger partial charge < -0.3 is 5.32 Å². The second-order valence-corrected chi connectivity index (χ2v) is 10.4. The molecule has 0 spiro atoms. The molecule has 0 heterocycles. The van der Waals surface area contributed by atoms with E-state index in [9.17, 15) is 4.21 Å². The normalized spacial score (nSPS) is 40.7. The molecule has 122 valence electrons. The topological polar surface area (TPSA) is 29.1 Å². The Morgan fingerprint density at radius 2 is 1.62 bits per heavy atom. The smallest absolute Gasteiger partial charge is 0.0396 e. The van der Waals surface area contributed by atoms with Gasteiger partial charge in [-0.25, -0.2) is 0 Å². The van der Waals surface area contributed by atoms with Crippen LogP contribution < -0.4 is 5.32 Å². The third-order valence-corrected chi connectivity index (χ3v) is 8.04. The van der Waals surface area contributed by atoms with E-state index in [0.717, 1.165) is 30.1 Å². The molecule has 0 aliphatic heterocycles. The van der Waals surface area contributed by atoms with Crippen molar-refractivity contribution in [3.05, 3.63) is 0 Å². The predicted molar refractivity (Wildman–Crippen MR) is 90.8 cm³/mol. The third kappa shape index (κ3) is 3.24. The maximum Gasteiger partial charge on any atom is 0.0396 e. The molecule has 4 rings (SSSR count). The monoisotopic (exact) mass is 311 g/mol. The summed E-state index contributed by atoms with van der Waals surface area (Å²) < 4.78 is 12.5. The van der Waals surface area contributed by atoms with Crippen molar-refractivity contribution in [3.63, 3.8) is 0 Å². The summed E-state index contributed by atoms with van der Waals surface area (Å²) in [7, 11) is -0.681. The quantitative estimate of drug-likeness (QED) is 0.776. The minimum absolute atomic E-state index is 0.296. The van der Waals surface area contributed by atoms with Crippen molar-refractivity contribution < 1.29 is 4.21 Å². The summed E-state index contributed by atoms with van der Waals surface area (Å²) in [5, 5.41) is 4.12. The summed E-state index contributed by atoms with van der Waals surface area (Å²) in [5.41, 5.74) is 0.481. The standard InChI is InChI=1S/C18H33NOS/c1-4-5-19-17(12-21(20)13(2)3)18-9-14-6-15(10-18)8-16(7-14)11-18/h13-17,19H,4-12H2,1-3H3. The molecule has 1 N–H and O–H groups in total. The summed E-state index contributed by atoms with van der Waals surface area (Å²) in [6, 6.07) is 0.495. The Bertz CT molecular complexity index is 357. The fourth-order valence-electron chi connectivity index (χ4n) is 5.73. The second-order valence-electron chi connectivity index (χ2n) is 8.38. The fourth-order valence-corrected chi connectivity index (χ4v) is 6.92. The zero-order valence-corrected chi connectivity index (χ0v) is 14.9. The van der Waals surface area contributed by atoms with E-state index in [1.54, 1.807) is 0 Å². The highest BCUT2D eigenvalue weighted by Crippen LogP contribution is 2.61. The predicted octanol–water partition coefficient (Wildman–Crippen LogP) is 3.73. The Kier molecular flexibility index (Phi) is 4.80. The first-order valence-electron chi connectivity index (χ1n) is 9.13. The van der Waals surface area contributed by atoms with Crippen molar-refractivity contribution in [1.29, 1.82) is 0 Å². The maximum absolute atomic E-state index is 12.5. The summed E-state index contributed by atoms with van der Waals surface area (Å²) in [6.45, 7) is 7.53. The number of hydrogen-bond acceptors (Lipinski definition) is 2. The van der Waals surface area contributed by atoms with Crippen molar-refractivity contribution in [2.24, 2.45) is 23.2 Å². The van der Waals surface area contributed by atoms with Crippen LogP contribution in [0.3, 0.4) is 0 Å². The molecule has 4 saturated carbocycles. The molecule has 3 heteroatoms. The van der Waals surface area contributed by atoms with E-state index in [-0.39, 0.29) is 0 Å². The summed E-state index contributed by atoms with van der Waals surface area (Å²) in [5.74, 6) is 3.82. The van der Waals surface area contributed by atoms with Crippen LogP contribution in [0.25, 0.3) is 0 Å². The van der Waals surface area contributed by atoms with Gasteiger partial charge in [-0.15, -0.1) is 0 Å². The van der Waals surface area contributed by atoms with Crippen molar-refractivity contribution in [2.45, 2.75) is 77.0 Å². The van der Waals surface area contributed by atoms with E-state index < -0.39 is 10.8 Å². The van der Waals surface area contributed by atoms with E-state index in [0.29, 0.717) is 16.7 Å². The molecule has 0 saturated heterocycles. The molecule has 2 unspecified atom stereocenters. The lowest BCUT2D eigenvalue weighted by atomic mass is 9.48. The van der Waals surface area contributed by atoms with Gasteiger partial charge in [0.25, 0.3) is 0 Å². The first-order valence-corrected chi connectivity index (χ1v) is 10.5. The van der Waals surface area contributed by atoms with Gasteiger partial charge in [0.05, 0.1) is 0 Å². The zero-order valence-electron chi connectivity index (χ0n) is 14.1. The molecule has 4 aliphatic rings. The van der Waals surface area contributed by atoms with E-state index in [2.05, 4.69) is 26.1 Å². The molecule has 0 aromatic heterocycles. The first-order chi connectivity index (χ1) is 10.0. The molecule has 2 atom stereocenters. The molecule has 0 aromatic rings. The number of nitrogens with one attached hydrogen (secondary N) is 1. The van der Waals surface area contributed by atoms with Crippen LogP contribution in [0.4, 0.5) is 0 Å². The Balaban J connectivity index is 1.76. The van der Waals surface area contributed by atoms with Crippen LogP contribution in [0.1, 0.15) is 65.7 Å². The third-order valence-electron chi connectivity index (χ3n) is 6.32. The highest BCUT2D eigenvalue weighted by atomic mass is 32.2. The largest absolute Gasteiger partial charge is 0.313 e. The van der Waals surface area contributed by atoms with Gasteiger partial charge in [-0.1, -0.05) is 20.8 Å². The van der Waals surface area contributed by atoms with Crippen LogP contribution in [-0.4, -0.2) is 27.8 Å². The van der Waals surface area contributed by atoms with Crippen LogP contribution >= 0.6 is 0 Å². The lowest BCUT2D eigenvalue weighted by Gasteiger charge is -2.59. The molecule has 21 heavy (non-hydrogen) atoms. The van der Waals surface area contributed by atoms with Crippen molar-refractivity contribution in [3.8, 4) is 0 Å². The van der Waals surface area contributed by atoms with Crippen LogP contribution in [0.5, 0.6) is 0 Å². The summed E-state index contributed by atoms with van der Waals surface area (Å²) in [4.78, 5) is 0. The van der Waals surface area contributed by atoms with Crippen molar-refractivity contribution >= 4 is 10.8 Å². The van der Waals surface area contributed by atoms with E-state index in [1.165, 1.54) is 44.9 Å². The van der Waals surface area contributed by atoms with Crippen molar-refractivity contribution in [1.82, 2.24) is 5.32 Å². The fraction of sp³-hybridized carbons (Fsp3) is 1.00. The average Bonchev–Trinajstić information content (AvgIpc) is 2.41. The van der Waals surface area contributed by atoms with Gasteiger partial charge in [-0.05, 0) is 74.7 Å². The highest BCUT2D eigenvalue weighted by Gasteiger charge is 2.54. The summed E-state index contributed by atoms with van der Waals surface area (Å²) in [6.07, 6.45) is 9.89. The molecule has 4 aliphatic carbocycles. The molecule has 0 radical (unpaired) electrons. The van der Waals surface area contributed by atoms with Gasteiger partial charge in [0.1, 0.15) is 0 Å². The Morgan fingerprint density at radius 3 is 2.05 bits per heavy atom. The lowest BCUT2D eigenvalue weighted by molar-refractivity contribution is -0.0694. The molecule has 4 fully saturated rings. The van der Waals surface area contributed by atoms with Gasteiger partial charge in [-0.3, -0.25) is 4.21 Å². The van der Waals surface area contributed by atoms with E-state index in [4.69, 9.17) is 0 Å². The van der Waals surface area contributed by atoms with Gasteiger partial charge in [0.15, 0.2) is 0 Å². The van der Waals surface area contributed by atoms with E-state index >= 15 is 0 Å². The Morgan fingerprint density at radius 1 is 1.10 bits per heavy atom. The molecule has 0 amide bonds. The zero-order chi connectivity index (χ0) is 15.0. The SMILES string of the molecule is CCCNC(CS(=O)C(C)C)C12CC3CC(CC(C3)C1)C2. The molecule has 2 nitrogen and oxygen atoms in total. The molecular formula is C18H33NOS. The van der Waals surface area contributed by atoms with Crippen LogP contribution in [0.15, 0.2) is 0 Å². The maximum atomic E-state index is 12.5. The molecule has 4 bridgehead atoms. The summed E-state index contributed by atoms with van der Waals surface area (Å²) >= 11 is 0. The molecular weight excluding hydrogens is 278 g/mol. The molecule has 0 aromatic carbocycles. The van der Waals surface area contributed by atoms with Gasteiger partial charge in [0, 0.05) is 27.8 Å². The van der Waals surface area contributed by atoms with Crippen molar-refractivity contribution in [2.75, 3.05) is 12.3 Å². The van der Waals surface area contributed by atoms with E-state index in [1.807, 2.05) is 0 Å². The van der Waals surface area contributed by atoms with Crippen LogP contribution in [-0.2, 0) is 10.8 Å². The highest BCUT2D eigenvalue weighted by molar-refractivity contribution is 7.85. The van der Waals surface area contributed by atoms with Gasteiger partial charge in [-0.2, -0.15) is 0 Å². The van der Waals surface area contributed by atoms with Gasteiger partial charge >= 0.3 is 0 Å². The second kappa shape index (κ2) is 6.31. The van der Waals surface area contributed by atoms with Gasteiger partial charge in [0.2, 0.25) is 0 Å².